The van der Waals surface area contributed by atoms with E-state index in [2.05, 4.69) is 58.4 Å². The first-order valence-corrected chi connectivity index (χ1v) is 7.22. The number of benzene rings is 1. The minimum atomic E-state index is 0.253. The SMILES string of the molecule is CNC(Cc1cc(C)cc(C)c1)c1c(Br)cnn1C. The van der Waals surface area contributed by atoms with E-state index >= 15 is 0 Å². The summed E-state index contributed by atoms with van der Waals surface area (Å²) in [6.45, 7) is 4.29. The molecule has 0 saturated heterocycles. The smallest absolute Gasteiger partial charge is 0.0695 e. The van der Waals surface area contributed by atoms with Gasteiger partial charge in [-0.2, -0.15) is 5.10 Å². The third-order valence-corrected chi connectivity index (χ3v) is 3.95. The van der Waals surface area contributed by atoms with Crippen LogP contribution in [0.3, 0.4) is 0 Å². The molecule has 0 aliphatic rings. The number of hydrogen-bond donors (Lipinski definition) is 1. The van der Waals surface area contributed by atoms with Gasteiger partial charge in [-0.05, 0) is 48.8 Å². The lowest BCUT2D eigenvalue weighted by Gasteiger charge is -2.18. The van der Waals surface area contributed by atoms with Gasteiger partial charge in [-0.25, -0.2) is 0 Å². The molecule has 1 unspecified atom stereocenters. The van der Waals surface area contributed by atoms with Gasteiger partial charge in [0, 0.05) is 7.05 Å². The van der Waals surface area contributed by atoms with E-state index < -0.39 is 0 Å². The molecule has 1 heterocycles. The van der Waals surface area contributed by atoms with Crippen molar-refractivity contribution in [2.24, 2.45) is 7.05 Å². The van der Waals surface area contributed by atoms with Crippen molar-refractivity contribution in [2.45, 2.75) is 26.3 Å². The zero-order valence-electron chi connectivity index (χ0n) is 11.9. The van der Waals surface area contributed by atoms with Crippen LogP contribution < -0.4 is 5.32 Å². The fourth-order valence-electron chi connectivity index (χ4n) is 2.57. The highest BCUT2D eigenvalue weighted by Gasteiger charge is 2.17. The van der Waals surface area contributed by atoms with Crippen molar-refractivity contribution in [3.8, 4) is 0 Å². The van der Waals surface area contributed by atoms with Crippen LogP contribution in [0, 0.1) is 13.8 Å². The summed E-state index contributed by atoms with van der Waals surface area (Å²) in [6, 6.07) is 6.96. The molecule has 0 spiro atoms. The third kappa shape index (κ3) is 3.25. The van der Waals surface area contributed by atoms with Gasteiger partial charge in [0.1, 0.15) is 0 Å². The molecule has 0 fully saturated rings. The van der Waals surface area contributed by atoms with Crippen LogP contribution in [0.1, 0.15) is 28.4 Å². The zero-order chi connectivity index (χ0) is 14.0. The van der Waals surface area contributed by atoms with E-state index in [9.17, 15) is 0 Å². The Bertz CT molecular complexity index is 535. The molecule has 4 heteroatoms. The van der Waals surface area contributed by atoms with E-state index in [1.165, 1.54) is 22.4 Å². The number of rotatable bonds is 4. The van der Waals surface area contributed by atoms with Crippen LogP contribution in [-0.2, 0) is 13.5 Å². The van der Waals surface area contributed by atoms with Crippen molar-refractivity contribution in [1.82, 2.24) is 15.1 Å². The number of likely N-dealkylation sites (N-methyl/N-ethyl adjacent to an activating group) is 1. The maximum atomic E-state index is 4.29. The zero-order valence-corrected chi connectivity index (χ0v) is 13.5. The molecule has 0 aliphatic heterocycles. The van der Waals surface area contributed by atoms with Crippen LogP contribution in [0.2, 0.25) is 0 Å². The standard InChI is InChI=1S/C15H20BrN3/c1-10-5-11(2)7-12(6-10)8-14(17-3)15-13(16)9-18-19(15)4/h5-7,9,14,17H,8H2,1-4H3. The Hall–Kier alpha value is -1.13. The van der Waals surface area contributed by atoms with Crippen molar-refractivity contribution in [3.63, 3.8) is 0 Å². The van der Waals surface area contributed by atoms with E-state index in [1.54, 1.807) is 0 Å². The van der Waals surface area contributed by atoms with Crippen molar-refractivity contribution in [3.05, 3.63) is 51.3 Å². The largest absolute Gasteiger partial charge is 0.311 e. The predicted molar refractivity (Wildman–Crippen MR) is 82.3 cm³/mol. The highest BCUT2D eigenvalue weighted by Crippen LogP contribution is 2.25. The molecule has 1 aromatic carbocycles. The van der Waals surface area contributed by atoms with Crippen molar-refractivity contribution in [1.29, 1.82) is 0 Å². The Balaban J connectivity index is 2.29. The Morgan fingerprint density at radius 3 is 2.37 bits per heavy atom. The molecule has 3 nitrogen and oxygen atoms in total. The number of nitrogens with zero attached hydrogens (tertiary/aromatic N) is 2. The normalized spacial score (nSPS) is 12.7. The predicted octanol–water partition coefficient (Wildman–Crippen LogP) is 3.30. The Labute approximate surface area is 123 Å². The molecule has 0 radical (unpaired) electrons. The van der Waals surface area contributed by atoms with Crippen molar-refractivity contribution < 1.29 is 0 Å². The molecule has 102 valence electrons. The molecule has 2 aromatic rings. The van der Waals surface area contributed by atoms with Crippen LogP contribution in [-0.4, -0.2) is 16.8 Å². The number of halogens is 1. The lowest BCUT2D eigenvalue weighted by atomic mass is 9.99. The number of hydrogen-bond acceptors (Lipinski definition) is 2. The van der Waals surface area contributed by atoms with E-state index in [0.29, 0.717) is 0 Å². The topological polar surface area (TPSA) is 29.9 Å². The Kier molecular flexibility index (Phi) is 4.42. The van der Waals surface area contributed by atoms with Gasteiger partial charge >= 0.3 is 0 Å². The summed E-state index contributed by atoms with van der Waals surface area (Å²) >= 11 is 3.58. The second-order valence-corrected chi connectivity index (χ2v) is 5.90. The molecular formula is C15H20BrN3. The van der Waals surface area contributed by atoms with Crippen LogP contribution in [0.5, 0.6) is 0 Å². The number of nitrogens with one attached hydrogen (secondary N) is 1. The second kappa shape index (κ2) is 5.88. The fourth-order valence-corrected chi connectivity index (χ4v) is 3.19. The molecule has 1 atom stereocenters. The van der Waals surface area contributed by atoms with Gasteiger partial charge in [0.05, 0.1) is 22.4 Å². The van der Waals surface area contributed by atoms with E-state index in [1.807, 2.05) is 25.0 Å². The van der Waals surface area contributed by atoms with Gasteiger partial charge < -0.3 is 5.32 Å². The first-order chi connectivity index (χ1) is 9.01. The molecule has 0 bridgehead atoms. The van der Waals surface area contributed by atoms with Crippen molar-refractivity contribution >= 4 is 15.9 Å². The van der Waals surface area contributed by atoms with E-state index in [-0.39, 0.29) is 6.04 Å². The molecule has 2 rings (SSSR count). The molecular weight excluding hydrogens is 302 g/mol. The average Bonchev–Trinajstić information content (AvgIpc) is 2.65. The molecule has 19 heavy (non-hydrogen) atoms. The highest BCUT2D eigenvalue weighted by molar-refractivity contribution is 9.10. The monoisotopic (exact) mass is 321 g/mol. The van der Waals surface area contributed by atoms with Gasteiger partial charge in [0.15, 0.2) is 0 Å². The lowest BCUT2D eigenvalue weighted by Crippen LogP contribution is -2.22. The quantitative estimate of drug-likeness (QED) is 0.936. The summed E-state index contributed by atoms with van der Waals surface area (Å²) in [5, 5.41) is 7.67. The number of aromatic nitrogens is 2. The van der Waals surface area contributed by atoms with E-state index in [4.69, 9.17) is 0 Å². The van der Waals surface area contributed by atoms with Crippen LogP contribution in [0.4, 0.5) is 0 Å². The summed E-state index contributed by atoms with van der Waals surface area (Å²) in [5.74, 6) is 0. The molecule has 1 aromatic heterocycles. The summed E-state index contributed by atoms with van der Waals surface area (Å²) in [5.41, 5.74) is 5.16. The molecule has 0 aliphatic carbocycles. The highest BCUT2D eigenvalue weighted by atomic mass is 79.9. The minimum Gasteiger partial charge on any atom is -0.311 e. The maximum Gasteiger partial charge on any atom is 0.0695 e. The Morgan fingerprint density at radius 2 is 1.89 bits per heavy atom. The first-order valence-electron chi connectivity index (χ1n) is 6.43. The summed E-state index contributed by atoms with van der Waals surface area (Å²) in [4.78, 5) is 0. The Morgan fingerprint density at radius 1 is 1.26 bits per heavy atom. The summed E-state index contributed by atoms with van der Waals surface area (Å²) < 4.78 is 2.98. The van der Waals surface area contributed by atoms with Crippen LogP contribution in [0.15, 0.2) is 28.9 Å². The van der Waals surface area contributed by atoms with Crippen LogP contribution in [0.25, 0.3) is 0 Å². The second-order valence-electron chi connectivity index (χ2n) is 5.04. The van der Waals surface area contributed by atoms with Gasteiger partial charge in [-0.3, -0.25) is 4.68 Å². The van der Waals surface area contributed by atoms with Gasteiger partial charge in [-0.1, -0.05) is 29.3 Å². The van der Waals surface area contributed by atoms with Gasteiger partial charge in [0.25, 0.3) is 0 Å². The number of aryl methyl sites for hydroxylation is 3. The maximum absolute atomic E-state index is 4.29. The summed E-state index contributed by atoms with van der Waals surface area (Å²) in [7, 11) is 3.97. The third-order valence-electron chi connectivity index (χ3n) is 3.34. The molecule has 0 amide bonds. The summed E-state index contributed by atoms with van der Waals surface area (Å²) in [6.07, 6.45) is 2.80. The first kappa shape index (κ1) is 14.3. The van der Waals surface area contributed by atoms with Gasteiger partial charge in [0.2, 0.25) is 0 Å². The van der Waals surface area contributed by atoms with Crippen LogP contribution >= 0.6 is 15.9 Å². The average molecular weight is 322 g/mol. The van der Waals surface area contributed by atoms with Gasteiger partial charge in [-0.15, -0.1) is 0 Å². The fraction of sp³-hybridized carbons (Fsp3) is 0.400. The minimum absolute atomic E-state index is 0.253. The van der Waals surface area contributed by atoms with E-state index in [0.717, 1.165) is 10.9 Å². The molecule has 0 saturated carbocycles. The van der Waals surface area contributed by atoms with Crippen molar-refractivity contribution in [2.75, 3.05) is 7.05 Å². The molecule has 1 N–H and O–H groups in total. The lowest BCUT2D eigenvalue weighted by molar-refractivity contribution is 0.535.